The fourth-order valence-electron chi connectivity index (χ4n) is 1.30. The van der Waals surface area contributed by atoms with Crippen LogP contribution in [0.2, 0.25) is 0 Å². The van der Waals surface area contributed by atoms with Crippen molar-refractivity contribution in [2.75, 3.05) is 13.1 Å². The van der Waals surface area contributed by atoms with Gasteiger partial charge in [0.1, 0.15) is 20.6 Å². The summed E-state index contributed by atoms with van der Waals surface area (Å²) in [6, 6.07) is 0. The lowest BCUT2D eigenvalue weighted by atomic mass is 10.2. The summed E-state index contributed by atoms with van der Waals surface area (Å²) >= 11 is 2.06. The van der Waals surface area contributed by atoms with E-state index in [0.29, 0.717) is 13.1 Å². The molecule has 0 atom stereocenters. The summed E-state index contributed by atoms with van der Waals surface area (Å²) in [5.41, 5.74) is -0.447. The summed E-state index contributed by atoms with van der Waals surface area (Å²) in [6.07, 6.45) is 2.54. The van der Waals surface area contributed by atoms with Gasteiger partial charge in [-0.25, -0.2) is 4.79 Å². The van der Waals surface area contributed by atoms with Gasteiger partial charge in [0, 0.05) is 27.8 Å². The van der Waals surface area contributed by atoms with Crippen molar-refractivity contribution in [1.82, 2.24) is 4.90 Å². The molecular formula is C10H16INO3S. The zero-order valence-corrected chi connectivity index (χ0v) is 12.6. The topological polar surface area (TPSA) is 38.8 Å². The third-order valence-electron chi connectivity index (χ3n) is 1.91. The van der Waals surface area contributed by atoms with Crippen LogP contribution in [0.5, 0.6) is 0 Å². The molecule has 1 heterocycles. The second kappa shape index (κ2) is 6.00. The molecule has 1 amide bonds. The van der Waals surface area contributed by atoms with Gasteiger partial charge in [-0.3, -0.25) is 0 Å². The SMILES string of the molecule is CC(C)(C)OC(=O)N1CCC=C(OSI)C1. The van der Waals surface area contributed by atoms with E-state index in [4.69, 9.17) is 8.92 Å². The number of nitrogens with zero attached hydrogens (tertiary/aromatic N) is 1. The van der Waals surface area contributed by atoms with E-state index in [1.807, 2.05) is 26.8 Å². The fraction of sp³-hybridized carbons (Fsp3) is 0.700. The van der Waals surface area contributed by atoms with E-state index in [9.17, 15) is 4.79 Å². The van der Waals surface area contributed by atoms with E-state index in [0.717, 1.165) is 12.2 Å². The molecule has 0 unspecified atom stereocenters. The van der Waals surface area contributed by atoms with Crippen LogP contribution >= 0.6 is 30.4 Å². The van der Waals surface area contributed by atoms with E-state index >= 15 is 0 Å². The molecule has 0 aliphatic carbocycles. The zero-order valence-electron chi connectivity index (χ0n) is 9.66. The van der Waals surface area contributed by atoms with Crippen molar-refractivity contribution in [2.24, 2.45) is 0 Å². The molecule has 0 spiro atoms. The highest BCUT2D eigenvalue weighted by Crippen LogP contribution is 2.22. The first kappa shape index (κ1) is 14.0. The minimum atomic E-state index is -0.447. The van der Waals surface area contributed by atoms with Gasteiger partial charge in [-0.05, 0) is 33.3 Å². The predicted octanol–water partition coefficient (Wildman–Crippen LogP) is 3.53. The summed E-state index contributed by atoms with van der Waals surface area (Å²) in [7, 11) is 1.26. The number of halogens is 1. The fourth-order valence-corrected chi connectivity index (χ4v) is 2.19. The maximum Gasteiger partial charge on any atom is 0.410 e. The Morgan fingerprint density at radius 2 is 2.25 bits per heavy atom. The van der Waals surface area contributed by atoms with Crippen LogP contribution in [-0.4, -0.2) is 29.7 Å². The number of amides is 1. The highest BCUT2D eigenvalue weighted by molar-refractivity contribution is 14.2. The summed E-state index contributed by atoms with van der Waals surface area (Å²) in [5, 5.41) is 0. The lowest BCUT2D eigenvalue weighted by Crippen LogP contribution is -2.40. The number of carbonyl (C=O) groups excluding carboxylic acids is 1. The number of ether oxygens (including phenoxy) is 1. The number of rotatable bonds is 2. The van der Waals surface area contributed by atoms with E-state index in [1.54, 1.807) is 4.90 Å². The standard InChI is InChI=1S/C10H16INO3S/c1-10(2,3)14-9(13)12-6-4-5-8(7-12)15-16-11/h5H,4,6-7H2,1-3H3. The van der Waals surface area contributed by atoms with E-state index in [2.05, 4.69) is 21.2 Å². The largest absolute Gasteiger partial charge is 0.444 e. The molecule has 0 aromatic rings. The maximum absolute atomic E-state index is 11.8. The predicted molar refractivity (Wildman–Crippen MR) is 73.2 cm³/mol. The van der Waals surface area contributed by atoms with Gasteiger partial charge in [-0.15, -0.1) is 0 Å². The van der Waals surface area contributed by atoms with Crippen molar-refractivity contribution >= 4 is 36.5 Å². The van der Waals surface area contributed by atoms with Crippen LogP contribution in [0.25, 0.3) is 0 Å². The molecule has 0 saturated heterocycles. The third kappa shape index (κ3) is 4.82. The molecular weight excluding hydrogens is 341 g/mol. The Kier molecular flexibility index (Phi) is 5.23. The second-order valence-electron chi connectivity index (χ2n) is 4.51. The molecule has 0 saturated carbocycles. The lowest BCUT2D eigenvalue weighted by Gasteiger charge is -2.29. The Hall–Kier alpha value is -0.110. The van der Waals surface area contributed by atoms with Gasteiger partial charge in [0.15, 0.2) is 0 Å². The number of hydrogen-bond acceptors (Lipinski definition) is 4. The Bertz CT molecular complexity index is 288. The molecule has 4 nitrogen and oxygen atoms in total. The van der Waals surface area contributed by atoms with E-state index < -0.39 is 5.60 Å². The monoisotopic (exact) mass is 357 g/mol. The molecule has 0 aromatic carbocycles. The van der Waals surface area contributed by atoms with Gasteiger partial charge in [0.05, 0.1) is 6.54 Å². The minimum absolute atomic E-state index is 0.278. The van der Waals surface area contributed by atoms with Gasteiger partial charge in [-0.2, -0.15) is 0 Å². The summed E-state index contributed by atoms with van der Waals surface area (Å²) in [6.45, 7) is 6.77. The molecule has 0 bridgehead atoms. The first-order chi connectivity index (χ1) is 7.42. The average molecular weight is 357 g/mol. The van der Waals surface area contributed by atoms with Crippen LogP contribution in [0.1, 0.15) is 27.2 Å². The van der Waals surface area contributed by atoms with Gasteiger partial charge >= 0.3 is 6.09 Å². The summed E-state index contributed by atoms with van der Waals surface area (Å²) in [5.74, 6) is 0.816. The molecule has 1 aliphatic heterocycles. The quantitative estimate of drug-likeness (QED) is 0.560. The third-order valence-corrected chi connectivity index (χ3v) is 2.72. The number of hydrogen-bond donors (Lipinski definition) is 0. The Morgan fingerprint density at radius 3 is 2.81 bits per heavy atom. The van der Waals surface area contributed by atoms with E-state index in [1.165, 1.54) is 9.21 Å². The maximum atomic E-state index is 11.8. The Balaban J connectivity index is 2.50. The van der Waals surface area contributed by atoms with Gasteiger partial charge in [-0.1, -0.05) is 0 Å². The van der Waals surface area contributed by atoms with Crippen LogP contribution in [-0.2, 0) is 8.92 Å². The number of carbonyl (C=O) groups is 1. The second-order valence-corrected chi connectivity index (χ2v) is 5.88. The molecule has 92 valence electrons. The average Bonchev–Trinajstić information content (AvgIpc) is 2.16. The van der Waals surface area contributed by atoms with Crippen molar-refractivity contribution in [2.45, 2.75) is 32.8 Å². The first-order valence-corrected chi connectivity index (χ1v) is 8.33. The van der Waals surface area contributed by atoms with Crippen molar-refractivity contribution in [3.63, 3.8) is 0 Å². The minimum Gasteiger partial charge on any atom is -0.444 e. The molecule has 0 N–H and O–H groups in total. The molecule has 16 heavy (non-hydrogen) atoms. The zero-order chi connectivity index (χ0) is 12.2. The Labute approximate surface area is 113 Å². The molecule has 0 aromatic heterocycles. The van der Waals surface area contributed by atoms with Crippen LogP contribution in [0.4, 0.5) is 4.79 Å². The highest BCUT2D eigenvalue weighted by atomic mass is 127. The van der Waals surface area contributed by atoms with Gasteiger partial charge < -0.3 is 13.8 Å². The van der Waals surface area contributed by atoms with Crippen molar-refractivity contribution in [1.29, 1.82) is 0 Å². The van der Waals surface area contributed by atoms with Crippen LogP contribution in [0, 0.1) is 0 Å². The van der Waals surface area contributed by atoms with Crippen molar-refractivity contribution in [3.8, 4) is 0 Å². The first-order valence-electron chi connectivity index (χ1n) is 5.04. The lowest BCUT2D eigenvalue weighted by molar-refractivity contribution is 0.0246. The summed E-state index contributed by atoms with van der Waals surface area (Å²) < 4.78 is 10.6. The smallest absolute Gasteiger partial charge is 0.410 e. The highest BCUT2D eigenvalue weighted by Gasteiger charge is 2.24. The Morgan fingerprint density at radius 1 is 1.56 bits per heavy atom. The summed E-state index contributed by atoms with van der Waals surface area (Å²) in [4.78, 5) is 13.4. The molecule has 0 radical (unpaired) electrons. The molecule has 6 heteroatoms. The molecule has 1 aliphatic rings. The van der Waals surface area contributed by atoms with Crippen LogP contribution in [0.3, 0.4) is 0 Å². The van der Waals surface area contributed by atoms with Crippen LogP contribution in [0.15, 0.2) is 11.8 Å². The molecule has 0 fully saturated rings. The van der Waals surface area contributed by atoms with Crippen molar-refractivity contribution in [3.05, 3.63) is 11.8 Å². The molecule has 1 rings (SSSR count). The van der Waals surface area contributed by atoms with Crippen LogP contribution < -0.4 is 0 Å². The van der Waals surface area contributed by atoms with Crippen molar-refractivity contribution < 1.29 is 13.7 Å². The normalized spacial score (nSPS) is 16.8. The van der Waals surface area contributed by atoms with Gasteiger partial charge in [0.25, 0.3) is 0 Å². The van der Waals surface area contributed by atoms with Gasteiger partial charge in [0.2, 0.25) is 0 Å². The van der Waals surface area contributed by atoms with E-state index in [-0.39, 0.29) is 6.09 Å².